The summed E-state index contributed by atoms with van der Waals surface area (Å²) in [5, 5.41) is 2.90. The van der Waals surface area contributed by atoms with Gasteiger partial charge in [-0.1, -0.05) is 37.6 Å². The summed E-state index contributed by atoms with van der Waals surface area (Å²) in [5.41, 5.74) is 3.02. The second-order valence-corrected chi connectivity index (χ2v) is 9.43. The highest BCUT2D eigenvalue weighted by Crippen LogP contribution is 2.19. The Kier molecular flexibility index (Phi) is 7.05. The van der Waals surface area contributed by atoms with Crippen LogP contribution in [0.3, 0.4) is 0 Å². The highest BCUT2D eigenvalue weighted by atomic mass is 32.2. The van der Waals surface area contributed by atoms with Crippen LogP contribution >= 0.6 is 0 Å². The molecule has 3 rings (SSSR count). The number of carbonyl (C=O) groups excluding carboxylic acids is 1. The van der Waals surface area contributed by atoms with E-state index in [0.717, 1.165) is 29.7 Å². The second-order valence-electron chi connectivity index (χ2n) is 7.49. The molecule has 2 aromatic carbocycles. The molecule has 0 spiro atoms. The molecule has 1 amide bonds. The Morgan fingerprint density at radius 2 is 1.72 bits per heavy atom. The number of anilines is 1. The SMILES string of the molecule is CCCc1ccc(S(=O)(=O)N2CCN(CC(=O)Nc3cccc(C)c3)CC2)cc1. The number of benzene rings is 2. The van der Waals surface area contributed by atoms with Crippen molar-refractivity contribution in [1.29, 1.82) is 0 Å². The number of sulfonamides is 1. The number of amides is 1. The zero-order valence-corrected chi connectivity index (χ0v) is 17.9. The molecule has 0 aliphatic carbocycles. The molecule has 0 bridgehead atoms. The lowest BCUT2D eigenvalue weighted by Crippen LogP contribution is -2.50. The van der Waals surface area contributed by atoms with Gasteiger partial charge >= 0.3 is 0 Å². The van der Waals surface area contributed by atoms with Gasteiger partial charge in [0.25, 0.3) is 0 Å². The summed E-state index contributed by atoms with van der Waals surface area (Å²) in [7, 11) is -3.49. The minimum atomic E-state index is -3.49. The van der Waals surface area contributed by atoms with Crippen molar-refractivity contribution >= 4 is 21.6 Å². The Labute approximate surface area is 173 Å². The van der Waals surface area contributed by atoms with Crippen molar-refractivity contribution in [3.05, 3.63) is 59.7 Å². The maximum atomic E-state index is 12.9. The van der Waals surface area contributed by atoms with Gasteiger partial charge in [0.1, 0.15) is 0 Å². The largest absolute Gasteiger partial charge is 0.325 e. The average Bonchev–Trinajstić information content (AvgIpc) is 2.69. The van der Waals surface area contributed by atoms with Gasteiger partial charge in [-0.15, -0.1) is 0 Å². The predicted octanol–water partition coefficient (Wildman–Crippen LogP) is 2.89. The number of aryl methyl sites for hydroxylation is 2. The van der Waals surface area contributed by atoms with Crippen molar-refractivity contribution < 1.29 is 13.2 Å². The molecule has 0 atom stereocenters. The summed E-state index contributed by atoms with van der Waals surface area (Å²) in [6.45, 7) is 6.18. The summed E-state index contributed by atoms with van der Waals surface area (Å²) in [5.74, 6) is -0.0848. The van der Waals surface area contributed by atoms with Gasteiger partial charge in [-0.25, -0.2) is 8.42 Å². The van der Waals surface area contributed by atoms with Crippen molar-refractivity contribution in [1.82, 2.24) is 9.21 Å². The van der Waals surface area contributed by atoms with Gasteiger partial charge in [-0.3, -0.25) is 9.69 Å². The molecule has 0 saturated carbocycles. The topological polar surface area (TPSA) is 69.7 Å². The molecule has 0 aromatic heterocycles. The van der Waals surface area contributed by atoms with Crippen LogP contribution < -0.4 is 5.32 Å². The Morgan fingerprint density at radius 3 is 2.34 bits per heavy atom. The predicted molar refractivity (Wildman–Crippen MR) is 115 cm³/mol. The third-order valence-electron chi connectivity index (χ3n) is 5.10. The fourth-order valence-electron chi connectivity index (χ4n) is 3.52. The third kappa shape index (κ3) is 5.65. The van der Waals surface area contributed by atoms with E-state index in [4.69, 9.17) is 0 Å². The monoisotopic (exact) mass is 415 g/mol. The van der Waals surface area contributed by atoms with Crippen molar-refractivity contribution in [2.45, 2.75) is 31.6 Å². The fourth-order valence-corrected chi connectivity index (χ4v) is 4.94. The van der Waals surface area contributed by atoms with E-state index in [1.165, 1.54) is 4.31 Å². The zero-order chi connectivity index (χ0) is 20.9. The molecule has 1 heterocycles. The van der Waals surface area contributed by atoms with Gasteiger partial charge in [-0.2, -0.15) is 4.31 Å². The van der Waals surface area contributed by atoms with E-state index in [-0.39, 0.29) is 12.5 Å². The third-order valence-corrected chi connectivity index (χ3v) is 7.01. The van der Waals surface area contributed by atoms with Gasteiger partial charge in [0.15, 0.2) is 0 Å². The first-order chi connectivity index (χ1) is 13.9. The van der Waals surface area contributed by atoms with E-state index in [1.54, 1.807) is 12.1 Å². The first-order valence-corrected chi connectivity index (χ1v) is 11.5. The maximum Gasteiger partial charge on any atom is 0.243 e. The smallest absolute Gasteiger partial charge is 0.243 e. The van der Waals surface area contributed by atoms with E-state index >= 15 is 0 Å². The van der Waals surface area contributed by atoms with Gasteiger partial charge in [0, 0.05) is 31.9 Å². The summed E-state index contributed by atoms with van der Waals surface area (Å²) in [4.78, 5) is 14.6. The first kappa shape index (κ1) is 21.5. The van der Waals surface area contributed by atoms with E-state index < -0.39 is 10.0 Å². The summed E-state index contributed by atoms with van der Waals surface area (Å²) in [6, 6.07) is 14.8. The van der Waals surface area contributed by atoms with Crippen LogP contribution in [0.25, 0.3) is 0 Å². The Bertz CT molecular complexity index is 934. The van der Waals surface area contributed by atoms with Crippen molar-refractivity contribution in [3.63, 3.8) is 0 Å². The lowest BCUT2D eigenvalue weighted by atomic mass is 10.1. The number of nitrogens with one attached hydrogen (secondary N) is 1. The molecule has 1 N–H and O–H groups in total. The zero-order valence-electron chi connectivity index (χ0n) is 17.1. The number of hydrogen-bond donors (Lipinski definition) is 1. The standard InChI is InChI=1S/C22H29N3O3S/c1-3-5-19-8-10-21(11-9-19)29(27,28)25-14-12-24(13-15-25)17-22(26)23-20-7-4-6-18(2)16-20/h4,6-11,16H,3,5,12-15,17H2,1-2H3,(H,23,26). The molecular weight excluding hydrogens is 386 g/mol. The molecule has 1 fully saturated rings. The van der Waals surface area contributed by atoms with Crippen LogP contribution in [-0.4, -0.2) is 56.3 Å². The molecule has 0 unspecified atom stereocenters. The molecule has 6 nitrogen and oxygen atoms in total. The molecule has 1 saturated heterocycles. The van der Waals surface area contributed by atoms with Crippen LogP contribution in [0.1, 0.15) is 24.5 Å². The highest BCUT2D eigenvalue weighted by Gasteiger charge is 2.29. The minimum Gasteiger partial charge on any atom is -0.325 e. The summed E-state index contributed by atoms with van der Waals surface area (Å²) in [6.07, 6.45) is 1.98. The number of hydrogen-bond acceptors (Lipinski definition) is 4. The summed E-state index contributed by atoms with van der Waals surface area (Å²) >= 11 is 0. The molecule has 1 aliphatic rings. The van der Waals surface area contributed by atoms with Crippen LogP contribution in [0, 0.1) is 6.92 Å². The number of carbonyl (C=O) groups is 1. The van der Waals surface area contributed by atoms with E-state index in [9.17, 15) is 13.2 Å². The van der Waals surface area contributed by atoms with E-state index in [0.29, 0.717) is 31.1 Å². The second kappa shape index (κ2) is 9.52. The van der Waals surface area contributed by atoms with Crippen molar-refractivity contribution in [2.75, 3.05) is 38.0 Å². The Hall–Kier alpha value is -2.22. The molecule has 7 heteroatoms. The number of piperazine rings is 1. The van der Waals surface area contributed by atoms with Crippen LogP contribution in [0.5, 0.6) is 0 Å². The van der Waals surface area contributed by atoms with E-state index in [1.807, 2.05) is 48.2 Å². The summed E-state index contributed by atoms with van der Waals surface area (Å²) < 4.78 is 27.3. The number of nitrogens with zero attached hydrogens (tertiary/aromatic N) is 2. The van der Waals surface area contributed by atoms with Gasteiger partial charge < -0.3 is 5.32 Å². The van der Waals surface area contributed by atoms with Gasteiger partial charge in [-0.05, 0) is 48.7 Å². The quantitative estimate of drug-likeness (QED) is 0.755. The fraction of sp³-hybridized carbons (Fsp3) is 0.409. The van der Waals surface area contributed by atoms with Crippen LogP contribution in [0.4, 0.5) is 5.69 Å². The van der Waals surface area contributed by atoms with Crippen LogP contribution in [-0.2, 0) is 21.2 Å². The first-order valence-electron chi connectivity index (χ1n) is 10.1. The van der Waals surface area contributed by atoms with E-state index in [2.05, 4.69) is 12.2 Å². The minimum absolute atomic E-state index is 0.0848. The molecule has 1 aliphatic heterocycles. The lowest BCUT2D eigenvalue weighted by Gasteiger charge is -2.33. The lowest BCUT2D eigenvalue weighted by molar-refractivity contribution is -0.117. The van der Waals surface area contributed by atoms with Crippen molar-refractivity contribution in [3.8, 4) is 0 Å². The molecular formula is C22H29N3O3S. The average molecular weight is 416 g/mol. The normalized spacial score (nSPS) is 15.9. The molecule has 156 valence electrons. The van der Waals surface area contributed by atoms with Gasteiger partial charge in [0.05, 0.1) is 11.4 Å². The van der Waals surface area contributed by atoms with Crippen molar-refractivity contribution in [2.24, 2.45) is 0 Å². The van der Waals surface area contributed by atoms with Crippen LogP contribution in [0.15, 0.2) is 53.4 Å². The van der Waals surface area contributed by atoms with Gasteiger partial charge in [0.2, 0.25) is 15.9 Å². The molecule has 0 radical (unpaired) electrons. The maximum absolute atomic E-state index is 12.9. The van der Waals surface area contributed by atoms with Crippen LogP contribution in [0.2, 0.25) is 0 Å². The molecule has 29 heavy (non-hydrogen) atoms. The Balaban J connectivity index is 1.53. The highest BCUT2D eigenvalue weighted by molar-refractivity contribution is 7.89. The number of rotatable bonds is 7. The Morgan fingerprint density at radius 1 is 1.03 bits per heavy atom. The molecule has 2 aromatic rings.